The molecule has 0 saturated carbocycles. The van der Waals surface area contributed by atoms with Crippen molar-refractivity contribution in [3.63, 3.8) is 0 Å². The maximum atomic E-state index is 12.5. The summed E-state index contributed by atoms with van der Waals surface area (Å²) < 4.78 is 6.67. The first kappa shape index (κ1) is 19.4. The van der Waals surface area contributed by atoms with Crippen molar-refractivity contribution in [2.24, 2.45) is 0 Å². The number of hydrogen-bond donors (Lipinski definition) is 1. The first-order valence-electron chi connectivity index (χ1n) is 8.46. The number of likely N-dealkylation sites (N-methyl/N-ethyl adjacent to an activating group) is 1. The van der Waals surface area contributed by atoms with Crippen molar-refractivity contribution >= 4 is 18.3 Å². The summed E-state index contributed by atoms with van der Waals surface area (Å²) in [5.74, 6) is 1.47. The van der Waals surface area contributed by atoms with Gasteiger partial charge in [0.2, 0.25) is 11.8 Å². The van der Waals surface area contributed by atoms with Crippen molar-refractivity contribution in [1.82, 2.24) is 30.1 Å². The highest BCUT2D eigenvalue weighted by molar-refractivity contribution is 5.85. The smallest absolute Gasteiger partial charge is 0.244 e. The quantitative estimate of drug-likeness (QED) is 0.831. The normalized spacial score (nSPS) is 17.1. The highest BCUT2D eigenvalue weighted by Crippen LogP contribution is 2.21. The average Bonchev–Trinajstić information content (AvgIpc) is 3.22. The molecule has 1 saturated heterocycles. The van der Waals surface area contributed by atoms with E-state index < -0.39 is 0 Å². The first-order valence-corrected chi connectivity index (χ1v) is 8.46. The first-order chi connectivity index (χ1) is 11.7. The molecular formula is C16H25ClN6O2. The molecule has 0 bridgehead atoms. The van der Waals surface area contributed by atoms with E-state index in [2.05, 4.69) is 20.6 Å². The third-order valence-electron chi connectivity index (χ3n) is 4.31. The number of aryl methyl sites for hydroxylation is 1. The Morgan fingerprint density at radius 1 is 1.52 bits per heavy atom. The van der Waals surface area contributed by atoms with E-state index in [-0.39, 0.29) is 24.9 Å². The van der Waals surface area contributed by atoms with Crippen LogP contribution in [0.15, 0.2) is 16.8 Å². The van der Waals surface area contributed by atoms with E-state index in [9.17, 15) is 4.79 Å². The molecule has 0 aliphatic carbocycles. The predicted octanol–water partition coefficient (Wildman–Crippen LogP) is 1.51. The lowest BCUT2D eigenvalue weighted by Gasteiger charge is -2.21. The Labute approximate surface area is 153 Å². The monoisotopic (exact) mass is 368 g/mol. The van der Waals surface area contributed by atoms with Crippen LogP contribution in [0.5, 0.6) is 0 Å². The predicted molar refractivity (Wildman–Crippen MR) is 94.4 cm³/mol. The molecule has 3 rings (SSSR count). The van der Waals surface area contributed by atoms with E-state index in [0.29, 0.717) is 30.7 Å². The lowest BCUT2D eigenvalue weighted by Crippen LogP contribution is -2.34. The average molecular weight is 369 g/mol. The number of carbonyl (C=O) groups excluding carboxylic acids is 1. The second-order valence-electron chi connectivity index (χ2n) is 6.12. The summed E-state index contributed by atoms with van der Waals surface area (Å²) in [4.78, 5) is 18.4. The summed E-state index contributed by atoms with van der Waals surface area (Å²) in [6, 6.07) is 2.02. The van der Waals surface area contributed by atoms with Crippen LogP contribution in [0.4, 0.5) is 0 Å². The molecule has 1 unspecified atom stereocenters. The molecule has 8 nitrogen and oxygen atoms in total. The van der Waals surface area contributed by atoms with Crippen molar-refractivity contribution in [3.05, 3.63) is 29.7 Å². The molecule has 1 N–H and O–H groups in total. The van der Waals surface area contributed by atoms with Crippen LogP contribution in [-0.4, -0.2) is 50.4 Å². The number of nitrogens with one attached hydrogen (secondary N) is 1. The molecular weight excluding hydrogens is 344 g/mol. The van der Waals surface area contributed by atoms with E-state index in [4.69, 9.17) is 4.52 Å². The fourth-order valence-corrected chi connectivity index (χ4v) is 2.98. The highest BCUT2D eigenvalue weighted by Gasteiger charge is 2.19. The number of carbonyl (C=O) groups is 1. The standard InChI is InChI=1S/C16H24N6O2.ClH/c1-3-21(10-15-18-12(2)24-20-15)16(23)11-22-8-6-14(19-22)13-5-4-7-17-9-13;/h6,8,13,17H,3-5,7,9-11H2,1-2H3;1H. The van der Waals surface area contributed by atoms with Gasteiger partial charge in [-0.25, -0.2) is 0 Å². The van der Waals surface area contributed by atoms with E-state index in [1.807, 2.05) is 19.2 Å². The molecule has 1 amide bonds. The van der Waals surface area contributed by atoms with Gasteiger partial charge in [0.15, 0.2) is 5.82 Å². The third kappa shape index (κ3) is 5.02. The van der Waals surface area contributed by atoms with Crippen molar-refractivity contribution in [2.75, 3.05) is 19.6 Å². The summed E-state index contributed by atoms with van der Waals surface area (Å²) in [7, 11) is 0. The largest absolute Gasteiger partial charge is 0.340 e. The van der Waals surface area contributed by atoms with Gasteiger partial charge in [-0.2, -0.15) is 10.1 Å². The zero-order chi connectivity index (χ0) is 16.9. The van der Waals surface area contributed by atoms with Gasteiger partial charge in [-0.15, -0.1) is 12.4 Å². The second kappa shape index (κ2) is 8.96. The van der Waals surface area contributed by atoms with Gasteiger partial charge in [0.1, 0.15) is 6.54 Å². The summed E-state index contributed by atoms with van der Waals surface area (Å²) in [5.41, 5.74) is 1.06. The maximum Gasteiger partial charge on any atom is 0.244 e. The zero-order valence-electron chi connectivity index (χ0n) is 14.6. The molecule has 1 aliphatic heterocycles. The third-order valence-corrected chi connectivity index (χ3v) is 4.31. The van der Waals surface area contributed by atoms with E-state index >= 15 is 0 Å². The summed E-state index contributed by atoms with van der Waals surface area (Å²) >= 11 is 0. The summed E-state index contributed by atoms with van der Waals surface area (Å²) in [6.45, 7) is 6.89. The minimum Gasteiger partial charge on any atom is -0.340 e. The Hall–Kier alpha value is -1.93. The Balaban J connectivity index is 0.00000225. The van der Waals surface area contributed by atoms with Crippen LogP contribution in [0.1, 0.15) is 43.1 Å². The molecule has 1 aliphatic rings. The van der Waals surface area contributed by atoms with Gasteiger partial charge in [-0.3, -0.25) is 9.48 Å². The molecule has 1 atom stereocenters. The van der Waals surface area contributed by atoms with Crippen molar-refractivity contribution < 1.29 is 9.32 Å². The molecule has 138 valence electrons. The van der Waals surface area contributed by atoms with E-state index in [1.165, 1.54) is 6.42 Å². The molecule has 0 spiro atoms. The number of halogens is 1. The molecule has 3 heterocycles. The number of nitrogens with zero attached hydrogens (tertiary/aromatic N) is 5. The molecule has 25 heavy (non-hydrogen) atoms. The van der Waals surface area contributed by atoms with Crippen LogP contribution >= 0.6 is 12.4 Å². The molecule has 1 fully saturated rings. The molecule has 9 heteroatoms. The van der Waals surface area contributed by atoms with Gasteiger partial charge >= 0.3 is 0 Å². The van der Waals surface area contributed by atoms with Crippen LogP contribution in [0, 0.1) is 6.92 Å². The summed E-state index contributed by atoms with van der Waals surface area (Å²) in [5, 5.41) is 11.8. The van der Waals surface area contributed by atoms with Gasteiger partial charge in [0, 0.05) is 32.1 Å². The highest BCUT2D eigenvalue weighted by atomic mass is 35.5. The van der Waals surface area contributed by atoms with Gasteiger partial charge in [-0.1, -0.05) is 5.16 Å². The fourth-order valence-electron chi connectivity index (χ4n) is 2.98. The number of aromatic nitrogens is 4. The fraction of sp³-hybridized carbons (Fsp3) is 0.625. The van der Waals surface area contributed by atoms with Crippen LogP contribution in [-0.2, 0) is 17.9 Å². The van der Waals surface area contributed by atoms with Gasteiger partial charge in [-0.05, 0) is 32.4 Å². The van der Waals surface area contributed by atoms with Gasteiger partial charge in [0.25, 0.3) is 0 Å². The topological polar surface area (TPSA) is 89.1 Å². The molecule has 0 radical (unpaired) electrons. The Bertz CT molecular complexity index is 680. The SMILES string of the molecule is CCN(Cc1noc(C)n1)C(=O)Cn1ccc(C2CCCNC2)n1.Cl. The van der Waals surface area contributed by atoms with E-state index in [0.717, 1.165) is 25.2 Å². The lowest BCUT2D eigenvalue weighted by molar-refractivity contribution is -0.132. The minimum absolute atomic E-state index is 0. The van der Waals surface area contributed by atoms with Gasteiger partial charge < -0.3 is 14.7 Å². The Kier molecular flexibility index (Phi) is 6.95. The molecule has 0 aromatic carbocycles. The van der Waals surface area contributed by atoms with Crippen molar-refractivity contribution in [3.8, 4) is 0 Å². The molecule has 2 aromatic heterocycles. The minimum atomic E-state index is -0.00336. The molecule has 2 aromatic rings. The zero-order valence-corrected chi connectivity index (χ0v) is 15.5. The Morgan fingerprint density at radius 3 is 3.00 bits per heavy atom. The maximum absolute atomic E-state index is 12.5. The van der Waals surface area contributed by atoms with Gasteiger partial charge in [0.05, 0.1) is 12.2 Å². The van der Waals surface area contributed by atoms with E-state index in [1.54, 1.807) is 16.5 Å². The van der Waals surface area contributed by atoms with Crippen LogP contribution in [0.25, 0.3) is 0 Å². The Morgan fingerprint density at radius 2 is 2.36 bits per heavy atom. The number of amides is 1. The van der Waals surface area contributed by atoms with Crippen LogP contribution < -0.4 is 5.32 Å². The number of hydrogen-bond acceptors (Lipinski definition) is 6. The van der Waals surface area contributed by atoms with Crippen molar-refractivity contribution in [2.45, 2.75) is 45.7 Å². The number of piperidine rings is 1. The number of rotatable bonds is 6. The second-order valence-corrected chi connectivity index (χ2v) is 6.12. The van der Waals surface area contributed by atoms with Crippen molar-refractivity contribution in [1.29, 1.82) is 0 Å². The summed E-state index contributed by atoms with van der Waals surface area (Å²) in [6.07, 6.45) is 4.20. The lowest BCUT2D eigenvalue weighted by atomic mass is 9.97. The van der Waals surface area contributed by atoms with Crippen LogP contribution in [0.2, 0.25) is 0 Å². The van der Waals surface area contributed by atoms with Crippen LogP contribution in [0.3, 0.4) is 0 Å².